The highest BCUT2D eigenvalue weighted by Crippen LogP contribution is 2.63. The second-order valence-electron chi connectivity index (χ2n) is 13.6. The van der Waals surface area contributed by atoms with E-state index >= 15 is 0 Å². The van der Waals surface area contributed by atoms with E-state index in [4.69, 9.17) is 4.42 Å². The zero-order valence-corrected chi connectivity index (χ0v) is 26.0. The quantitative estimate of drug-likeness (QED) is 0.197. The predicted molar refractivity (Wildman–Crippen MR) is 194 cm³/mol. The number of hydrogen-bond donors (Lipinski definition) is 0. The van der Waals surface area contributed by atoms with Crippen LogP contribution in [0.3, 0.4) is 0 Å². The summed E-state index contributed by atoms with van der Waals surface area (Å²) in [5.41, 5.74) is 15.2. The smallest absolute Gasteiger partial charge is 0.136 e. The van der Waals surface area contributed by atoms with Crippen molar-refractivity contribution in [2.75, 3.05) is 0 Å². The number of rotatable bonds is 3. The number of allylic oxidation sites excluding steroid dienone is 4. The summed E-state index contributed by atoms with van der Waals surface area (Å²) < 4.78 is 8.80. The minimum absolute atomic E-state index is 0.327. The van der Waals surface area contributed by atoms with Gasteiger partial charge in [-0.15, -0.1) is 0 Å². The Bertz CT molecular complexity index is 2660. The summed E-state index contributed by atoms with van der Waals surface area (Å²) in [6, 6.07) is 48.9. The van der Waals surface area contributed by atoms with E-state index in [-0.39, 0.29) is 0 Å². The first-order chi connectivity index (χ1) is 23.3. The fourth-order valence-corrected chi connectivity index (χ4v) is 9.22. The molecule has 1 saturated carbocycles. The van der Waals surface area contributed by atoms with Gasteiger partial charge in [-0.25, -0.2) is 0 Å². The molecule has 2 aromatic heterocycles. The highest BCUT2D eigenvalue weighted by Gasteiger charge is 2.53. The molecule has 47 heavy (non-hydrogen) atoms. The standard InChI is InChI=1S/C45H31NO/c1-26-29-23-24-33-36-25-28(21-22-32(36)42(45(33)41(26)29)27-11-3-2-4-12-27)46-37-17-7-5-13-34(37)43-30(15-9-18-38(43)46)31-16-10-20-40-44(31)35-14-6-8-19-39(35)47-40/h2-26,29,41-42H,1H3/t26?,29?,41?,42-/m0/s1. The van der Waals surface area contributed by atoms with Crippen molar-refractivity contribution in [1.82, 2.24) is 4.57 Å². The number of fused-ring (bicyclic) bond motifs is 10. The van der Waals surface area contributed by atoms with Crippen LogP contribution in [0.1, 0.15) is 29.5 Å². The lowest BCUT2D eigenvalue weighted by Crippen LogP contribution is -2.05. The molecule has 0 saturated heterocycles. The van der Waals surface area contributed by atoms with Crippen molar-refractivity contribution in [1.29, 1.82) is 0 Å². The summed E-state index contributed by atoms with van der Waals surface area (Å²) >= 11 is 0. The van der Waals surface area contributed by atoms with Gasteiger partial charge in [0.25, 0.3) is 0 Å². The monoisotopic (exact) mass is 601 g/mol. The van der Waals surface area contributed by atoms with E-state index in [1.807, 2.05) is 6.07 Å². The summed E-state index contributed by atoms with van der Waals surface area (Å²) in [5.74, 6) is 2.37. The molecule has 2 nitrogen and oxygen atoms in total. The molecular weight excluding hydrogens is 571 g/mol. The van der Waals surface area contributed by atoms with Gasteiger partial charge in [-0.05, 0) is 93.1 Å². The van der Waals surface area contributed by atoms with E-state index in [0.717, 1.165) is 16.6 Å². The van der Waals surface area contributed by atoms with Crippen LogP contribution in [0.2, 0.25) is 0 Å². The Hall–Kier alpha value is -5.60. The molecule has 222 valence electrons. The third kappa shape index (κ3) is 3.40. The molecule has 6 aromatic carbocycles. The maximum atomic E-state index is 6.32. The second-order valence-corrected chi connectivity index (χ2v) is 13.6. The zero-order chi connectivity index (χ0) is 30.8. The van der Waals surface area contributed by atoms with Gasteiger partial charge in [-0.1, -0.05) is 116 Å². The summed E-state index contributed by atoms with van der Waals surface area (Å²) in [7, 11) is 0. The van der Waals surface area contributed by atoms with Crippen molar-refractivity contribution >= 4 is 49.3 Å². The molecule has 0 aliphatic heterocycles. The minimum Gasteiger partial charge on any atom is -0.456 e. The van der Waals surface area contributed by atoms with Crippen LogP contribution in [0.25, 0.3) is 66.1 Å². The van der Waals surface area contributed by atoms with Crippen LogP contribution >= 0.6 is 0 Å². The van der Waals surface area contributed by atoms with Crippen LogP contribution in [0, 0.1) is 17.8 Å². The van der Waals surface area contributed by atoms with Crippen molar-refractivity contribution in [3.8, 4) is 16.8 Å². The third-order valence-corrected chi connectivity index (χ3v) is 11.3. The first kappa shape index (κ1) is 25.6. The Morgan fingerprint density at radius 1 is 0.596 bits per heavy atom. The van der Waals surface area contributed by atoms with E-state index < -0.39 is 0 Å². The average Bonchev–Trinajstić information content (AvgIpc) is 3.40. The molecular formula is C45H31NO. The molecule has 3 aliphatic rings. The Balaban J connectivity index is 1.17. The molecule has 8 aromatic rings. The van der Waals surface area contributed by atoms with E-state index in [0.29, 0.717) is 23.7 Å². The Kier molecular flexibility index (Phi) is 5.03. The highest BCUT2D eigenvalue weighted by molar-refractivity contribution is 6.21. The molecule has 11 rings (SSSR count). The largest absolute Gasteiger partial charge is 0.456 e. The van der Waals surface area contributed by atoms with Crippen molar-refractivity contribution in [2.24, 2.45) is 17.8 Å². The van der Waals surface area contributed by atoms with Crippen molar-refractivity contribution in [3.05, 3.63) is 168 Å². The van der Waals surface area contributed by atoms with Crippen LogP contribution < -0.4 is 0 Å². The normalized spacial score (nSPS) is 21.1. The van der Waals surface area contributed by atoms with Gasteiger partial charge in [0, 0.05) is 33.2 Å². The van der Waals surface area contributed by atoms with Gasteiger partial charge in [-0.3, -0.25) is 0 Å². The lowest BCUT2D eigenvalue weighted by Gasteiger charge is -2.19. The maximum absolute atomic E-state index is 6.32. The molecule has 3 aliphatic carbocycles. The average molecular weight is 602 g/mol. The van der Waals surface area contributed by atoms with Gasteiger partial charge < -0.3 is 8.98 Å². The molecule has 0 N–H and O–H groups in total. The molecule has 0 amide bonds. The molecule has 1 fully saturated rings. The van der Waals surface area contributed by atoms with E-state index in [1.54, 1.807) is 5.57 Å². The highest BCUT2D eigenvalue weighted by atomic mass is 16.3. The van der Waals surface area contributed by atoms with E-state index in [9.17, 15) is 0 Å². The van der Waals surface area contributed by atoms with Crippen molar-refractivity contribution < 1.29 is 4.42 Å². The lowest BCUT2D eigenvalue weighted by molar-refractivity contribution is 0.669. The zero-order valence-electron chi connectivity index (χ0n) is 26.0. The number of hydrogen-bond acceptors (Lipinski definition) is 1. The van der Waals surface area contributed by atoms with Gasteiger partial charge in [0.15, 0.2) is 0 Å². The first-order valence-corrected chi connectivity index (χ1v) is 16.8. The topological polar surface area (TPSA) is 18.1 Å². The van der Waals surface area contributed by atoms with Crippen LogP contribution in [0.4, 0.5) is 0 Å². The van der Waals surface area contributed by atoms with Crippen LogP contribution in [0.15, 0.2) is 156 Å². The molecule has 3 unspecified atom stereocenters. The molecule has 2 heteroatoms. The van der Waals surface area contributed by atoms with Crippen LogP contribution in [0.5, 0.6) is 0 Å². The fourth-order valence-electron chi connectivity index (χ4n) is 9.22. The third-order valence-electron chi connectivity index (χ3n) is 11.3. The van der Waals surface area contributed by atoms with Gasteiger partial charge >= 0.3 is 0 Å². The van der Waals surface area contributed by atoms with E-state index in [2.05, 4.69) is 151 Å². The number of furan rings is 1. The summed E-state index contributed by atoms with van der Waals surface area (Å²) in [4.78, 5) is 0. The predicted octanol–water partition coefficient (Wildman–Crippen LogP) is 11.7. The van der Waals surface area contributed by atoms with Crippen LogP contribution in [-0.4, -0.2) is 4.57 Å². The molecule has 0 radical (unpaired) electrons. The van der Waals surface area contributed by atoms with Crippen molar-refractivity contribution in [3.63, 3.8) is 0 Å². The Morgan fingerprint density at radius 3 is 2.21 bits per heavy atom. The second kappa shape index (κ2) is 9.24. The molecule has 2 heterocycles. The number of benzene rings is 6. The summed E-state index contributed by atoms with van der Waals surface area (Å²) in [6.07, 6.45) is 4.91. The number of aromatic nitrogens is 1. The fraction of sp³-hybridized carbons (Fsp3) is 0.111. The van der Waals surface area contributed by atoms with Crippen LogP contribution in [-0.2, 0) is 0 Å². The molecule has 0 bridgehead atoms. The Labute approximate surface area is 272 Å². The van der Waals surface area contributed by atoms with Crippen molar-refractivity contribution in [2.45, 2.75) is 12.8 Å². The van der Waals surface area contributed by atoms with Gasteiger partial charge in [0.2, 0.25) is 0 Å². The van der Waals surface area contributed by atoms with Gasteiger partial charge in [-0.2, -0.15) is 0 Å². The maximum Gasteiger partial charge on any atom is 0.136 e. The summed E-state index contributed by atoms with van der Waals surface area (Å²) in [6.45, 7) is 2.43. The molecule has 0 spiro atoms. The number of para-hydroxylation sites is 2. The van der Waals surface area contributed by atoms with E-state index in [1.165, 1.54) is 66.3 Å². The minimum atomic E-state index is 0.327. The Morgan fingerprint density at radius 2 is 1.32 bits per heavy atom. The lowest BCUT2D eigenvalue weighted by atomic mass is 9.84. The van der Waals surface area contributed by atoms with Gasteiger partial charge in [0.1, 0.15) is 11.2 Å². The number of nitrogens with zero attached hydrogens (tertiary/aromatic N) is 1. The molecule has 4 atom stereocenters. The van der Waals surface area contributed by atoms with Gasteiger partial charge in [0.05, 0.1) is 11.0 Å². The first-order valence-electron chi connectivity index (χ1n) is 16.8. The SMILES string of the molecule is CC1C2C=CC3=C(C12)[C@@H](c1ccccc1)c1ccc(-n2c4ccccc4c4c(-c5cccc6oc7ccccc7c56)cccc42)cc13. The summed E-state index contributed by atoms with van der Waals surface area (Å²) in [5, 5.41) is 4.86.